The van der Waals surface area contributed by atoms with Crippen LogP contribution in [0.5, 0.6) is 0 Å². The van der Waals surface area contributed by atoms with Crippen LogP contribution in [0.3, 0.4) is 0 Å². The van der Waals surface area contributed by atoms with Crippen LogP contribution in [-0.2, 0) is 10.2 Å². The molecule has 0 spiro atoms. The molecule has 0 aromatic heterocycles. The van der Waals surface area contributed by atoms with Crippen molar-refractivity contribution >= 4 is 5.78 Å². The molecule has 4 bridgehead atoms. The van der Waals surface area contributed by atoms with Crippen LogP contribution in [0.25, 0.3) is 0 Å². The first-order valence-corrected chi connectivity index (χ1v) is 11.8. The normalized spacial score (nSPS) is 44.6. The topological polar surface area (TPSA) is 29.1 Å². The van der Waals surface area contributed by atoms with Crippen molar-refractivity contribution < 1.29 is 4.79 Å². The summed E-state index contributed by atoms with van der Waals surface area (Å²) in [5.74, 6) is 2.61. The molecule has 2 nitrogen and oxygen atoms in total. The molecule has 2 heteroatoms. The van der Waals surface area contributed by atoms with E-state index in [0.29, 0.717) is 23.0 Å². The molecule has 6 rings (SSSR count). The van der Waals surface area contributed by atoms with Crippen LogP contribution < -0.4 is 5.32 Å². The molecule has 5 aliphatic rings. The van der Waals surface area contributed by atoms with Crippen LogP contribution >= 0.6 is 0 Å². The van der Waals surface area contributed by atoms with Crippen LogP contribution in [0.4, 0.5) is 0 Å². The summed E-state index contributed by atoms with van der Waals surface area (Å²) in [5.41, 5.74) is 2.15. The molecular weight excluding hydrogens is 342 g/mol. The molecule has 1 aromatic rings. The third kappa shape index (κ3) is 2.90. The number of carbonyl (C=O) groups is 1. The Morgan fingerprint density at radius 1 is 1.11 bits per heavy atom. The van der Waals surface area contributed by atoms with Gasteiger partial charge in [0.2, 0.25) is 0 Å². The Morgan fingerprint density at radius 3 is 2.68 bits per heavy atom. The van der Waals surface area contributed by atoms with Gasteiger partial charge >= 0.3 is 0 Å². The van der Waals surface area contributed by atoms with Crippen LogP contribution in [0, 0.1) is 28.6 Å². The Kier molecular flexibility index (Phi) is 4.50. The molecule has 1 aliphatic heterocycles. The van der Waals surface area contributed by atoms with E-state index in [9.17, 15) is 4.79 Å². The lowest BCUT2D eigenvalue weighted by molar-refractivity contribution is -0.162. The van der Waals surface area contributed by atoms with Crippen molar-refractivity contribution in [3.8, 4) is 0 Å². The maximum Gasteiger partial charge on any atom is 0.139 e. The number of carbonyl (C=O) groups excluding carboxylic acids is 1. The zero-order valence-corrected chi connectivity index (χ0v) is 17.8. The standard InChI is InChI=1S/C26H37NO/c1-3-24-12-20-13-25(16-24,22-7-5-4-6-8-22)18-26(14-20,17-24)23(28)11-21-9-10-27-15-19(21)2/h4-8,19-21,27H,3,9-18H2,1-2H3/t19?,20?,21?,24-,25-,26?/m1/s1. The second kappa shape index (κ2) is 6.69. The van der Waals surface area contributed by atoms with Crippen molar-refractivity contribution in [3.05, 3.63) is 35.9 Å². The first-order valence-electron chi connectivity index (χ1n) is 11.8. The monoisotopic (exact) mass is 379 g/mol. The Labute approximate surface area is 170 Å². The van der Waals surface area contributed by atoms with E-state index in [4.69, 9.17) is 0 Å². The highest BCUT2D eigenvalue weighted by atomic mass is 16.1. The van der Waals surface area contributed by atoms with Gasteiger partial charge in [-0.2, -0.15) is 0 Å². The molecule has 4 saturated carbocycles. The first-order chi connectivity index (χ1) is 13.5. The van der Waals surface area contributed by atoms with E-state index in [1.165, 1.54) is 50.5 Å². The van der Waals surface area contributed by atoms with Crippen molar-refractivity contribution in [2.24, 2.45) is 28.6 Å². The largest absolute Gasteiger partial charge is 0.316 e. The van der Waals surface area contributed by atoms with Crippen LogP contribution in [-0.4, -0.2) is 18.9 Å². The zero-order chi connectivity index (χ0) is 19.4. The van der Waals surface area contributed by atoms with Gasteiger partial charge in [-0.15, -0.1) is 0 Å². The lowest BCUT2D eigenvalue weighted by Crippen LogP contribution is -2.61. The third-order valence-electron chi connectivity index (χ3n) is 9.32. The van der Waals surface area contributed by atoms with E-state index in [1.807, 2.05) is 0 Å². The van der Waals surface area contributed by atoms with Gasteiger partial charge in [0.1, 0.15) is 5.78 Å². The number of benzene rings is 1. The minimum Gasteiger partial charge on any atom is -0.316 e. The molecule has 1 aromatic carbocycles. The van der Waals surface area contributed by atoms with Crippen LogP contribution in [0.2, 0.25) is 0 Å². The van der Waals surface area contributed by atoms with E-state index >= 15 is 0 Å². The summed E-state index contributed by atoms with van der Waals surface area (Å²) >= 11 is 0. The van der Waals surface area contributed by atoms with E-state index in [1.54, 1.807) is 0 Å². The predicted molar refractivity (Wildman–Crippen MR) is 114 cm³/mol. The Morgan fingerprint density at radius 2 is 1.93 bits per heavy atom. The third-order valence-corrected chi connectivity index (χ3v) is 9.32. The predicted octanol–water partition coefficient (Wildman–Crippen LogP) is 5.51. The molecule has 1 N–H and O–H groups in total. The van der Waals surface area contributed by atoms with Crippen LogP contribution in [0.1, 0.15) is 77.2 Å². The second-order valence-electron chi connectivity index (χ2n) is 11.1. The fourth-order valence-corrected chi connectivity index (χ4v) is 8.28. The average molecular weight is 380 g/mol. The number of nitrogens with one attached hydrogen (secondary N) is 1. The minimum atomic E-state index is -0.0319. The molecule has 152 valence electrons. The van der Waals surface area contributed by atoms with Crippen LogP contribution in [0.15, 0.2) is 30.3 Å². The Hall–Kier alpha value is -1.15. The summed E-state index contributed by atoms with van der Waals surface area (Å²) in [7, 11) is 0. The summed E-state index contributed by atoms with van der Waals surface area (Å²) in [4.78, 5) is 13.9. The molecule has 4 unspecified atom stereocenters. The van der Waals surface area contributed by atoms with E-state index in [0.717, 1.165) is 31.8 Å². The van der Waals surface area contributed by atoms with Gasteiger partial charge in [-0.1, -0.05) is 50.6 Å². The van der Waals surface area contributed by atoms with Gasteiger partial charge in [-0.3, -0.25) is 4.79 Å². The average Bonchev–Trinajstić information content (AvgIpc) is 2.69. The van der Waals surface area contributed by atoms with Crippen molar-refractivity contribution in [2.75, 3.05) is 13.1 Å². The highest BCUT2D eigenvalue weighted by Gasteiger charge is 2.65. The molecule has 5 fully saturated rings. The number of piperidine rings is 1. The zero-order valence-electron chi connectivity index (χ0n) is 17.8. The van der Waals surface area contributed by atoms with Crippen molar-refractivity contribution in [1.82, 2.24) is 5.32 Å². The van der Waals surface area contributed by atoms with Crippen molar-refractivity contribution in [2.45, 2.75) is 77.0 Å². The SMILES string of the molecule is CC[C@]12CC3CC(C(=O)CC4CCNCC4C)(C1)C[C@@](c1ccccc1)(C3)C2. The van der Waals surface area contributed by atoms with E-state index < -0.39 is 0 Å². The summed E-state index contributed by atoms with van der Waals surface area (Å²) in [6.07, 6.45) is 10.7. The van der Waals surface area contributed by atoms with Gasteiger partial charge in [0.05, 0.1) is 0 Å². The minimum absolute atomic E-state index is 0.0319. The van der Waals surface area contributed by atoms with E-state index in [-0.39, 0.29) is 10.8 Å². The summed E-state index contributed by atoms with van der Waals surface area (Å²) in [6.45, 7) is 6.90. The lowest BCUT2D eigenvalue weighted by Gasteiger charge is -2.66. The number of hydrogen-bond donors (Lipinski definition) is 1. The molecule has 1 heterocycles. The Bertz CT molecular complexity index is 744. The van der Waals surface area contributed by atoms with Gasteiger partial charge in [0, 0.05) is 11.8 Å². The first kappa shape index (κ1) is 18.9. The quantitative estimate of drug-likeness (QED) is 0.731. The summed E-state index contributed by atoms with van der Waals surface area (Å²) in [6, 6.07) is 11.3. The molecular formula is C26H37NO. The number of rotatable bonds is 5. The van der Waals surface area contributed by atoms with Crippen molar-refractivity contribution in [1.29, 1.82) is 0 Å². The molecule has 6 atom stereocenters. The second-order valence-corrected chi connectivity index (χ2v) is 11.1. The van der Waals surface area contributed by atoms with Gasteiger partial charge in [0.25, 0.3) is 0 Å². The van der Waals surface area contributed by atoms with E-state index in [2.05, 4.69) is 49.5 Å². The summed E-state index contributed by atoms with van der Waals surface area (Å²) in [5, 5.41) is 3.50. The van der Waals surface area contributed by atoms with Crippen molar-refractivity contribution in [3.63, 3.8) is 0 Å². The molecule has 28 heavy (non-hydrogen) atoms. The van der Waals surface area contributed by atoms with Gasteiger partial charge in [-0.05, 0) is 92.2 Å². The smallest absolute Gasteiger partial charge is 0.139 e. The maximum atomic E-state index is 13.9. The number of hydrogen-bond acceptors (Lipinski definition) is 2. The number of Topliss-reactive ketones (excluding diaryl/α,β-unsaturated/α-hetero) is 1. The fourth-order valence-electron chi connectivity index (χ4n) is 8.28. The number of ketones is 1. The molecule has 4 aliphatic carbocycles. The van der Waals surface area contributed by atoms with Gasteiger partial charge < -0.3 is 5.32 Å². The lowest BCUT2D eigenvalue weighted by atomic mass is 9.37. The molecule has 1 saturated heterocycles. The molecule has 0 amide bonds. The summed E-state index contributed by atoms with van der Waals surface area (Å²) < 4.78 is 0. The highest BCUT2D eigenvalue weighted by molar-refractivity contribution is 5.86. The molecule has 0 radical (unpaired) electrons. The van der Waals surface area contributed by atoms with Gasteiger partial charge in [0.15, 0.2) is 0 Å². The Balaban J connectivity index is 1.48. The van der Waals surface area contributed by atoms with Gasteiger partial charge in [-0.25, -0.2) is 0 Å². The fraction of sp³-hybridized carbons (Fsp3) is 0.731. The highest BCUT2D eigenvalue weighted by Crippen LogP contribution is 2.71. The maximum absolute atomic E-state index is 13.9.